The van der Waals surface area contributed by atoms with Crippen LogP contribution >= 0.6 is 11.3 Å². The van der Waals surface area contributed by atoms with Gasteiger partial charge in [-0.25, -0.2) is 4.98 Å². The summed E-state index contributed by atoms with van der Waals surface area (Å²) in [6.45, 7) is 8.67. The molecule has 0 bridgehead atoms. The van der Waals surface area contributed by atoms with Crippen molar-refractivity contribution >= 4 is 22.1 Å². The number of fused-ring (bicyclic) bond motifs is 1. The maximum absolute atomic E-state index is 6.31. The van der Waals surface area contributed by atoms with Crippen LogP contribution in [0.5, 0.6) is 0 Å². The van der Waals surface area contributed by atoms with Gasteiger partial charge < -0.3 is 5.73 Å². The van der Waals surface area contributed by atoms with Crippen LogP contribution in [0.4, 0.5) is 5.82 Å². The highest BCUT2D eigenvalue weighted by Crippen LogP contribution is 2.33. The highest BCUT2D eigenvalue weighted by molar-refractivity contribution is 7.15. The fraction of sp³-hybridized carbons (Fsp3) is 0.353. The number of nitrogens with zero attached hydrogens (tertiary/aromatic N) is 2. The standard InChI is InChI=1S/C17H21N3S/c1-10(2)12-5-7-13(8-6-12)14-9-21-17-19-15(11(3)4)16(18)20(14)17/h5-11H,18H2,1-4H3. The van der Waals surface area contributed by atoms with Gasteiger partial charge in [-0.2, -0.15) is 0 Å². The molecule has 0 radical (unpaired) electrons. The molecule has 0 saturated carbocycles. The van der Waals surface area contributed by atoms with E-state index < -0.39 is 0 Å². The number of nitrogen functional groups attached to an aromatic ring is 1. The van der Waals surface area contributed by atoms with Gasteiger partial charge in [0, 0.05) is 5.38 Å². The lowest BCUT2D eigenvalue weighted by atomic mass is 10.0. The molecule has 21 heavy (non-hydrogen) atoms. The van der Waals surface area contributed by atoms with Gasteiger partial charge in [-0.15, -0.1) is 11.3 Å². The molecule has 0 atom stereocenters. The molecule has 2 N–H and O–H groups in total. The summed E-state index contributed by atoms with van der Waals surface area (Å²) in [5.41, 5.74) is 11.0. The number of rotatable bonds is 3. The first kappa shape index (κ1) is 14.1. The summed E-state index contributed by atoms with van der Waals surface area (Å²) in [5.74, 6) is 1.66. The van der Waals surface area contributed by atoms with Crippen molar-refractivity contribution in [1.82, 2.24) is 9.38 Å². The van der Waals surface area contributed by atoms with E-state index in [4.69, 9.17) is 5.73 Å². The van der Waals surface area contributed by atoms with Crippen molar-refractivity contribution in [3.05, 3.63) is 40.9 Å². The van der Waals surface area contributed by atoms with Crippen LogP contribution in [0.2, 0.25) is 0 Å². The molecule has 4 heteroatoms. The fourth-order valence-electron chi connectivity index (χ4n) is 2.56. The zero-order chi connectivity index (χ0) is 15.1. The molecule has 0 aliphatic heterocycles. The minimum absolute atomic E-state index is 0.341. The molecule has 0 spiro atoms. The summed E-state index contributed by atoms with van der Waals surface area (Å²) in [4.78, 5) is 5.63. The SMILES string of the molecule is CC(C)c1ccc(-c2csc3nc(C(C)C)c(N)n23)cc1. The quantitative estimate of drug-likeness (QED) is 0.748. The zero-order valence-electron chi connectivity index (χ0n) is 12.9. The number of aromatic nitrogens is 2. The van der Waals surface area contributed by atoms with Crippen LogP contribution in [0.15, 0.2) is 29.6 Å². The van der Waals surface area contributed by atoms with Crippen LogP contribution in [0, 0.1) is 0 Å². The number of thiazole rings is 1. The van der Waals surface area contributed by atoms with Gasteiger partial charge >= 0.3 is 0 Å². The molecule has 2 heterocycles. The average molecular weight is 299 g/mol. The van der Waals surface area contributed by atoms with Crippen molar-refractivity contribution in [2.24, 2.45) is 0 Å². The summed E-state index contributed by atoms with van der Waals surface area (Å²) < 4.78 is 2.07. The molecule has 1 aromatic carbocycles. The second-order valence-corrected chi connectivity index (χ2v) is 6.89. The van der Waals surface area contributed by atoms with E-state index in [1.54, 1.807) is 11.3 Å². The van der Waals surface area contributed by atoms with Crippen LogP contribution in [-0.2, 0) is 0 Å². The maximum atomic E-state index is 6.31. The van der Waals surface area contributed by atoms with Gasteiger partial charge in [-0.05, 0) is 23.0 Å². The summed E-state index contributed by atoms with van der Waals surface area (Å²) in [6, 6.07) is 8.73. The van der Waals surface area contributed by atoms with E-state index in [-0.39, 0.29) is 0 Å². The summed E-state index contributed by atoms with van der Waals surface area (Å²) in [6.07, 6.45) is 0. The molecule has 3 rings (SSSR count). The summed E-state index contributed by atoms with van der Waals surface area (Å²) in [7, 11) is 0. The lowest BCUT2D eigenvalue weighted by molar-refractivity contribution is 0.838. The van der Waals surface area contributed by atoms with E-state index >= 15 is 0 Å². The van der Waals surface area contributed by atoms with E-state index in [0.717, 1.165) is 22.2 Å². The van der Waals surface area contributed by atoms with Gasteiger partial charge in [-0.1, -0.05) is 52.0 Å². The van der Waals surface area contributed by atoms with Crippen molar-refractivity contribution in [1.29, 1.82) is 0 Å². The van der Waals surface area contributed by atoms with Crippen molar-refractivity contribution in [3.8, 4) is 11.3 Å². The van der Waals surface area contributed by atoms with Gasteiger partial charge in [0.05, 0.1) is 11.4 Å². The second-order valence-electron chi connectivity index (χ2n) is 6.05. The molecule has 0 aliphatic rings. The van der Waals surface area contributed by atoms with E-state index in [0.29, 0.717) is 11.8 Å². The van der Waals surface area contributed by atoms with Gasteiger partial charge in [0.2, 0.25) is 0 Å². The number of nitrogens with two attached hydrogens (primary N) is 1. The lowest BCUT2D eigenvalue weighted by Gasteiger charge is -2.07. The van der Waals surface area contributed by atoms with E-state index in [2.05, 4.69) is 66.7 Å². The topological polar surface area (TPSA) is 43.3 Å². The van der Waals surface area contributed by atoms with Crippen LogP contribution < -0.4 is 5.73 Å². The molecule has 0 amide bonds. The molecule has 2 aromatic heterocycles. The smallest absolute Gasteiger partial charge is 0.196 e. The Kier molecular flexibility index (Phi) is 3.49. The third-order valence-corrected chi connectivity index (χ3v) is 4.67. The molecular formula is C17H21N3S. The van der Waals surface area contributed by atoms with Gasteiger partial charge in [0.15, 0.2) is 4.96 Å². The number of imidazole rings is 1. The molecule has 0 saturated heterocycles. The van der Waals surface area contributed by atoms with Gasteiger partial charge in [-0.3, -0.25) is 4.40 Å². The number of hydrogen-bond acceptors (Lipinski definition) is 3. The number of benzene rings is 1. The predicted molar refractivity (Wildman–Crippen MR) is 91.1 cm³/mol. The number of hydrogen-bond donors (Lipinski definition) is 1. The Balaban J connectivity index is 2.12. The van der Waals surface area contributed by atoms with Crippen LogP contribution in [0.25, 0.3) is 16.2 Å². The Hall–Kier alpha value is -1.81. The van der Waals surface area contributed by atoms with Crippen LogP contribution in [0.3, 0.4) is 0 Å². The Morgan fingerprint density at radius 1 is 1.05 bits per heavy atom. The van der Waals surface area contributed by atoms with Gasteiger partial charge in [0.1, 0.15) is 5.82 Å². The van der Waals surface area contributed by atoms with Crippen molar-refractivity contribution in [3.63, 3.8) is 0 Å². The molecule has 0 aliphatic carbocycles. The molecule has 0 fully saturated rings. The normalized spacial score (nSPS) is 11.9. The molecular weight excluding hydrogens is 278 g/mol. The summed E-state index contributed by atoms with van der Waals surface area (Å²) in [5, 5.41) is 2.13. The molecule has 110 valence electrons. The average Bonchev–Trinajstić information content (AvgIpc) is 3.00. The molecule has 3 nitrogen and oxygen atoms in total. The second kappa shape index (κ2) is 5.19. The minimum Gasteiger partial charge on any atom is -0.383 e. The Morgan fingerprint density at radius 2 is 1.71 bits per heavy atom. The zero-order valence-corrected chi connectivity index (χ0v) is 13.7. The third-order valence-electron chi connectivity index (χ3n) is 3.85. The Labute approximate surface area is 129 Å². The largest absolute Gasteiger partial charge is 0.383 e. The highest BCUT2D eigenvalue weighted by Gasteiger charge is 2.17. The highest BCUT2D eigenvalue weighted by atomic mass is 32.1. The maximum Gasteiger partial charge on any atom is 0.196 e. The monoisotopic (exact) mass is 299 g/mol. The van der Waals surface area contributed by atoms with E-state index in [1.807, 2.05) is 0 Å². The van der Waals surface area contributed by atoms with E-state index in [9.17, 15) is 0 Å². The lowest BCUT2D eigenvalue weighted by Crippen LogP contribution is -1.99. The number of anilines is 1. The third kappa shape index (κ3) is 2.33. The minimum atomic E-state index is 0.341. The molecule has 0 unspecified atom stereocenters. The van der Waals surface area contributed by atoms with Crippen molar-refractivity contribution < 1.29 is 0 Å². The van der Waals surface area contributed by atoms with E-state index in [1.165, 1.54) is 11.1 Å². The van der Waals surface area contributed by atoms with Gasteiger partial charge in [0.25, 0.3) is 0 Å². The first-order valence-corrected chi connectivity index (χ1v) is 8.22. The van der Waals surface area contributed by atoms with Crippen LogP contribution in [-0.4, -0.2) is 9.38 Å². The van der Waals surface area contributed by atoms with Crippen LogP contribution in [0.1, 0.15) is 50.8 Å². The van der Waals surface area contributed by atoms with Crippen molar-refractivity contribution in [2.75, 3.05) is 5.73 Å². The fourth-order valence-corrected chi connectivity index (χ4v) is 3.47. The predicted octanol–water partition coefficient (Wildman–Crippen LogP) is 4.89. The first-order chi connectivity index (χ1) is 9.99. The Bertz CT molecular complexity index is 763. The molecule has 3 aromatic rings. The summed E-state index contributed by atoms with van der Waals surface area (Å²) >= 11 is 1.64. The Morgan fingerprint density at radius 3 is 2.29 bits per heavy atom. The van der Waals surface area contributed by atoms with Crippen molar-refractivity contribution in [2.45, 2.75) is 39.5 Å². The first-order valence-electron chi connectivity index (χ1n) is 7.34.